The first kappa shape index (κ1) is 13.0. The maximum Gasteiger partial charge on any atom is 0.0192 e. The Hall–Kier alpha value is -0.0800. The molecule has 0 aliphatic carbocycles. The lowest BCUT2D eigenvalue weighted by molar-refractivity contribution is 0.256. The van der Waals surface area contributed by atoms with Gasteiger partial charge in [-0.2, -0.15) is 0 Å². The van der Waals surface area contributed by atoms with Crippen LogP contribution in [0.25, 0.3) is 0 Å². The molecule has 0 aromatic rings. The Morgan fingerprint density at radius 2 is 2.20 bits per heavy atom. The van der Waals surface area contributed by atoms with E-state index in [1.54, 1.807) is 0 Å². The van der Waals surface area contributed by atoms with Crippen molar-refractivity contribution in [3.63, 3.8) is 0 Å². The van der Waals surface area contributed by atoms with E-state index in [4.69, 9.17) is 0 Å². The van der Waals surface area contributed by atoms with Crippen molar-refractivity contribution >= 4 is 0 Å². The van der Waals surface area contributed by atoms with Crippen LogP contribution in [0, 0.1) is 5.92 Å². The molecular formula is C13H28N2. The summed E-state index contributed by atoms with van der Waals surface area (Å²) in [5.74, 6) is 0.858. The zero-order chi connectivity index (χ0) is 11.1. The average Bonchev–Trinajstić information content (AvgIpc) is 2.42. The van der Waals surface area contributed by atoms with Crippen LogP contribution in [0.4, 0.5) is 0 Å². The molecule has 0 aromatic carbocycles. The minimum absolute atomic E-state index is 0.728. The fourth-order valence-electron chi connectivity index (χ4n) is 2.28. The summed E-state index contributed by atoms with van der Waals surface area (Å²) < 4.78 is 0. The molecule has 90 valence electrons. The van der Waals surface area contributed by atoms with Gasteiger partial charge < -0.3 is 10.2 Å². The zero-order valence-corrected chi connectivity index (χ0v) is 10.8. The Morgan fingerprint density at radius 3 is 2.87 bits per heavy atom. The van der Waals surface area contributed by atoms with Gasteiger partial charge in [-0.1, -0.05) is 20.8 Å². The van der Waals surface area contributed by atoms with Gasteiger partial charge in [-0.25, -0.2) is 0 Å². The van der Waals surface area contributed by atoms with Crippen LogP contribution in [0.2, 0.25) is 0 Å². The molecule has 0 saturated carbocycles. The van der Waals surface area contributed by atoms with E-state index in [0.29, 0.717) is 0 Å². The van der Waals surface area contributed by atoms with Gasteiger partial charge in [0.2, 0.25) is 0 Å². The maximum absolute atomic E-state index is 3.62. The Kier molecular flexibility index (Phi) is 6.26. The summed E-state index contributed by atoms with van der Waals surface area (Å²) in [7, 11) is 0. The summed E-state index contributed by atoms with van der Waals surface area (Å²) >= 11 is 0. The van der Waals surface area contributed by atoms with Gasteiger partial charge in [0.05, 0.1) is 0 Å². The van der Waals surface area contributed by atoms with Crippen molar-refractivity contribution in [3.8, 4) is 0 Å². The summed E-state index contributed by atoms with van der Waals surface area (Å²) in [6.07, 6.45) is 5.33. The Labute approximate surface area is 95.4 Å². The van der Waals surface area contributed by atoms with E-state index in [1.165, 1.54) is 51.9 Å². The van der Waals surface area contributed by atoms with Crippen LogP contribution in [0.1, 0.15) is 46.5 Å². The van der Waals surface area contributed by atoms with E-state index in [-0.39, 0.29) is 0 Å². The zero-order valence-electron chi connectivity index (χ0n) is 10.8. The topological polar surface area (TPSA) is 15.3 Å². The molecule has 1 rings (SSSR count). The monoisotopic (exact) mass is 212 g/mol. The standard InChI is InChI=1S/C13H28N2/c1-4-13-11-15(10-6-8-14-13)9-5-7-12(2)3/h12-14H,4-11H2,1-3H3. The predicted molar refractivity (Wildman–Crippen MR) is 67.2 cm³/mol. The summed E-state index contributed by atoms with van der Waals surface area (Å²) in [4.78, 5) is 2.65. The lowest BCUT2D eigenvalue weighted by Crippen LogP contribution is -2.37. The third-order valence-corrected chi connectivity index (χ3v) is 3.31. The first-order valence-corrected chi connectivity index (χ1v) is 6.68. The van der Waals surface area contributed by atoms with Crippen LogP contribution in [-0.2, 0) is 0 Å². The highest BCUT2D eigenvalue weighted by molar-refractivity contribution is 4.75. The second-order valence-corrected chi connectivity index (χ2v) is 5.25. The molecule has 0 amide bonds. The molecule has 1 aliphatic heterocycles. The van der Waals surface area contributed by atoms with E-state index in [0.717, 1.165) is 12.0 Å². The van der Waals surface area contributed by atoms with Gasteiger partial charge in [0, 0.05) is 12.6 Å². The van der Waals surface area contributed by atoms with Crippen LogP contribution in [0.15, 0.2) is 0 Å². The van der Waals surface area contributed by atoms with Crippen molar-refractivity contribution in [2.45, 2.75) is 52.5 Å². The molecule has 0 spiro atoms. The summed E-state index contributed by atoms with van der Waals surface area (Å²) in [5.41, 5.74) is 0. The minimum Gasteiger partial charge on any atom is -0.313 e. The normalized spacial score (nSPS) is 24.4. The van der Waals surface area contributed by atoms with Crippen molar-refractivity contribution in [1.29, 1.82) is 0 Å². The van der Waals surface area contributed by atoms with Crippen molar-refractivity contribution in [2.24, 2.45) is 5.92 Å². The van der Waals surface area contributed by atoms with Gasteiger partial charge in [0.15, 0.2) is 0 Å². The lowest BCUT2D eigenvalue weighted by Gasteiger charge is -2.23. The molecule has 1 heterocycles. The summed E-state index contributed by atoms with van der Waals surface area (Å²) in [6, 6.07) is 0.728. The van der Waals surface area contributed by atoms with E-state index in [1.807, 2.05) is 0 Å². The van der Waals surface area contributed by atoms with Crippen LogP contribution < -0.4 is 5.32 Å². The number of nitrogens with zero attached hydrogens (tertiary/aromatic N) is 1. The summed E-state index contributed by atoms with van der Waals surface area (Å²) in [6.45, 7) is 12.0. The highest BCUT2D eigenvalue weighted by atomic mass is 15.2. The largest absolute Gasteiger partial charge is 0.313 e. The van der Waals surface area contributed by atoms with Crippen LogP contribution in [0.3, 0.4) is 0 Å². The fourth-order valence-corrected chi connectivity index (χ4v) is 2.28. The molecule has 1 fully saturated rings. The molecule has 1 N–H and O–H groups in total. The molecule has 1 unspecified atom stereocenters. The third-order valence-electron chi connectivity index (χ3n) is 3.31. The Balaban J connectivity index is 2.20. The van der Waals surface area contributed by atoms with Gasteiger partial charge in [0.25, 0.3) is 0 Å². The summed E-state index contributed by atoms with van der Waals surface area (Å²) in [5, 5.41) is 3.62. The van der Waals surface area contributed by atoms with E-state index in [2.05, 4.69) is 31.0 Å². The molecule has 15 heavy (non-hydrogen) atoms. The van der Waals surface area contributed by atoms with E-state index in [9.17, 15) is 0 Å². The fraction of sp³-hybridized carbons (Fsp3) is 1.00. The van der Waals surface area contributed by atoms with Crippen LogP contribution >= 0.6 is 0 Å². The van der Waals surface area contributed by atoms with Crippen LogP contribution in [-0.4, -0.2) is 37.1 Å². The first-order chi connectivity index (χ1) is 7.22. The second kappa shape index (κ2) is 7.24. The van der Waals surface area contributed by atoms with Gasteiger partial charge >= 0.3 is 0 Å². The molecule has 1 saturated heterocycles. The number of nitrogens with one attached hydrogen (secondary N) is 1. The third kappa shape index (κ3) is 5.53. The molecule has 1 atom stereocenters. The van der Waals surface area contributed by atoms with Crippen molar-refractivity contribution < 1.29 is 0 Å². The second-order valence-electron chi connectivity index (χ2n) is 5.25. The SMILES string of the molecule is CCC1CN(CCCC(C)C)CCCN1. The van der Waals surface area contributed by atoms with E-state index < -0.39 is 0 Å². The van der Waals surface area contributed by atoms with E-state index >= 15 is 0 Å². The quantitative estimate of drug-likeness (QED) is 0.753. The highest BCUT2D eigenvalue weighted by Gasteiger charge is 2.15. The first-order valence-electron chi connectivity index (χ1n) is 6.68. The molecular weight excluding hydrogens is 184 g/mol. The van der Waals surface area contributed by atoms with Crippen molar-refractivity contribution in [3.05, 3.63) is 0 Å². The maximum atomic E-state index is 3.62. The molecule has 2 nitrogen and oxygen atoms in total. The predicted octanol–water partition coefficient (Wildman–Crippen LogP) is 2.50. The Morgan fingerprint density at radius 1 is 1.40 bits per heavy atom. The lowest BCUT2D eigenvalue weighted by atomic mass is 10.1. The smallest absolute Gasteiger partial charge is 0.0192 e. The molecule has 0 radical (unpaired) electrons. The number of rotatable bonds is 5. The highest BCUT2D eigenvalue weighted by Crippen LogP contribution is 2.08. The minimum atomic E-state index is 0.728. The van der Waals surface area contributed by atoms with Gasteiger partial charge in [-0.15, -0.1) is 0 Å². The molecule has 0 aromatic heterocycles. The van der Waals surface area contributed by atoms with Gasteiger partial charge in [0.1, 0.15) is 0 Å². The molecule has 1 aliphatic rings. The number of hydrogen-bond acceptors (Lipinski definition) is 2. The number of hydrogen-bond donors (Lipinski definition) is 1. The van der Waals surface area contributed by atoms with Gasteiger partial charge in [-0.3, -0.25) is 0 Å². The van der Waals surface area contributed by atoms with Crippen LogP contribution in [0.5, 0.6) is 0 Å². The average molecular weight is 212 g/mol. The Bertz CT molecular complexity index is 157. The van der Waals surface area contributed by atoms with Crippen molar-refractivity contribution in [1.82, 2.24) is 10.2 Å². The molecule has 2 heteroatoms. The molecule has 0 bridgehead atoms. The van der Waals surface area contributed by atoms with Gasteiger partial charge in [-0.05, 0) is 51.2 Å². The van der Waals surface area contributed by atoms with Crippen molar-refractivity contribution in [2.75, 3.05) is 26.2 Å².